The lowest BCUT2D eigenvalue weighted by atomic mass is 10.2. The van der Waals surface area contributed by atoms with Crippen LogP contribution in [0.25, 0.3) is 6.08 Å². The van der Waals surface area contributed by atoms with Crippen molar-refractivity contribution in [1.82, 2.24) is 4.98 Å². The third-order valence-electron chi connectivity index (χ3n) is 2.36. The van der Waals surface area contributed by atoms with Crippen molar-refractivity contribution in [2.24, 2.45) is 0 Å². The minimum atomic E-state index is -1.04. The van der Waals surface area contributed by atoms with Gasteiger partial charge in [0.1, 0.15) is 11.5 Å². The lowest BCUT2D eigenvalue weighted by Gasteiger charge is -2.09. The lowest BCUT2D eigenvalue weighted by Crippen LogP contribution is -1.89. The minimum Gasteiger partial charge on any atom is -0.478 e. The first kappa shape index (κ1) is 15.8. The number of aromatic nitrogens is 1. The van der Waals surface area contributed by atoms with E-state index < -0.39 is 5.97 Å². The van der Waals surface area contributed by atoms with E-state index in [1.165, 1.54) is 18.5 Å². The number of nitrogens with zero attached hydrogens (tertiary/aromatic N) is 1. The Balaban J connectivity index is 2.26. The number of carboxylic acids is 1. The molecule has 7 heteroatoms. The summed E-state index contributed by atoms with van der Waals surface area (Å²) in [5.41, 5.74) is 0.592. The van der Waals surface area contributed by atoms with Crippen LogP contribution in [0.15, 0.2) is 41.1 Å². The number of ether oxygens (including phenoxy) is 1. The van der Waals surface area contributed by atoms with Gasteiger partial charge in [-0.15, -0.1) is 0 Å². The number of carbonyl (C=O) groups is 1. The van der Waals surface area contributed by atoms with E-state index >= 15 is 0 Å². The fraction of sp³-hybridized carbons (Fsp3) is 0. The van der Waals surface area contributed by atoms with Gasteiger partial charge in [-0.3, -0.25) is 4.98 Å². The van der Waals surface area contributed by atoms with E-state index in [1.807, 2.05) is 0 Å². The van der Waals surface area contributed by atoms with Gasteiger partial charge in [0.15, 0.2) is 0 Å². The average molecular weight is 389 g/mol. The molecule has 1 aromatic heterocycles. The molecule has 21 heavy (non-hydrogen) atoms. The highest BCUT2D eigenvalue weighted by Gasteiger charge is 2.08. The van der Waals surface area contributed by atoms with Crippen molar-refractivity contribution in [1.29, 1.82) is 0 Å². The van der Waals surface area contributed by atoms with Gasteiger partial charge in [0.25, 0.3) is 0 Å². The molecule has 0 radical (unpaired) electrons. The van der Waals surface area contributed by atoms with Crippen LogP contribution in [0.4, 0.5) is 0 Å². The summed E-state index contributed by atoms with van der Waals surface area (Å²) < 4.78 is 6.28. The van der Waals surface area contributed by atoms with Gasteiger partial charge in [-0.25, -0.2) is 4.79 Å². The normalized spacial score (nSPS) is 10.8. The number of halogens is 3. The van der Waals surface area contributed by atoms with E-state index in [0.29, 0.717) is 31.6 Å². The van der Waals surface area contributed by atoms with Crippen LogP contribution < -0.4 is 4.74 Å². The van der Waals surface area contributed by atoms with Gasteiger partial charge >= 0.3 is 5.97 Å². The molecule has 0 fully saturated rings. The standard InChI is InChI=1S/C14H8BrCl2NO3/c15-10-4-12(17)13(5-11(10)16)21-9-3-8(6-18-7-9)1-2-14(19)20/h1-7H,(H,19,20)/b2-1+. The summed E-state index contributed by atoms with van der Waals surface area (Å²) in [6.45, 7) is 0. The summed E-state index contributed by atoms with van der Waals surface area (Å²) in [6, 6.07) is 4.84. The number of hydrogen-bond donors (Lipinski definition) is 1. The Morgan fingerprint density at radius 3 is 2.71 bits per heavy atom. The van der Waals surface area contributed by atoms with Gasteiger partial charge in [-0.05, 0) is 39.7 Å². The molecule has 108 valence electrons. The van der Waals surface area contributed by atoms with Crippen LogP contribution >= 0.6 is 39.1 Å². The molecule has 0 aliphatic rings. The molecule has 0 bridgehead atoms. The van der Waals surface area contributed by atoms with Crippen molar-refractivity contribution in [2.45, 2.75) is 0 Å². The summed E-state index contributed by atoms with van der Waals surface area (Å²) >= 11 is 15.3. The lowest BCUT2D eigenvalue weighted by molar-refractivity contribution is -0.131. The zero-order chi connectivity index (χ0) is 15.4. The SMILES string of the molecule is O=C(O)/C=C/c1cncc(Oc2cc(Cl)c(Br)cc2Cl)c1. The van der Waals surface area contributed by atoms with Gasteiger partial charge in [0, 0.05) is 22.8 Å². The van der Waals surface area contributed by atoms with Crippen LogP contribution in [-0.4, -0.2) is 16.1 Å². The van der Waals surface area contributed by atoms with E-state index in [4.69, 9.17) is 33.0 Å². The fourth-order valence-corrected chi connectivity index (χ4v) is 2.29. The van der Waals surface area contributed by atoms with Gasteiger partial charge < -0.3 is 9.84 Å². The fourth-order valence-electron chi connectivity index (χ4n) is 1.46. The zero-order valence-corrected chi connectivity index (χ0v) is 13.5. The molecule has 0 saturated heterocycles. The largest absolute Gasteiger partial charge is 0.478 e. The van der Waals surface area contributed by atoms with Crippen LogP contribution in [0.2, 0.25) is 10.0 Å². The van der Waals surface area contributed by atoms with Crippen molar-refractivity contribution >= 4 is 51.2 Å². The molecular formula is C14H8BrCl2NO3. The molecule has 2 aromatic rings. The number of rotatable bonds is 4. The molecule has 0 aliphatic carbocycles. The van der Waals surface area contributed by atoms with E-state index in [9.17, 15) is 4.79 Å². The van der Waals surface area contributed by atoms with Crippen molar-refractivity contribution in [3.8, 4) is 11.5 Å². The second-order valence-corrected chi connectivity index (χ2v) is 5.59. The van der Waals surface area contributed by atoms with Crippen LogP contribution in [0.5, 0.6) is 11.5 Å². The molecule has 0 spiro atoms. The Morgan fingerprint density at radius 1 is 1.24 bits per heavy atom. The van der Waals surface area contributed by atoms with Crippen molar-refractivity contribution in [3.05, 3.63) is 56.8 Å². The third-order valence-corrected chi connectivity index (χ3v) is 3.85. The summed E-state index contributed by atoms with van der Waals surface area (Å²) in [4.78, 5) is 14.5. The Kier molecular flexibility index (Phi) is 5.22. The van der Waals surface area contributed by atoms with Crippen molar-refractivity contribution < 1.29 is 14.6 Å². The molecule has 0 atom stereocenters. The predicted octanol–water partition coefficient (Wildman–Crippen LogP) is 5.04. The molecule has 2 rings (SSSR count). The summed E-state index contributed by atoms with van der Waals surface area (Å²) in [6.07, 6.45) is 5.44. The van der Waals surface area contributed by atoms with Gasteiger partial charge in [0.05, 0.1) is 16.2 Å². The first-order valence-corrected chi connectivity index (χ1v) is 7.19. The second-order valence-electron chi connectivity index (χ2n) is 3.92. The highest BCUT2D eigenvalue weighted by molar-refractivity contribution is 9.10. The Hall–Kier alpha value is -1.56. The molecular weight excluding hydrogens is 381 g/mol. The van der Waals surface area contributed by atoms with Crippen LogP contribution in [0.3, 0.4) is 0 Å². The Morgan fingerprint density at radius 2 is 2.00 bits per heavy atom. The molecule has 0 amide bonds. The molecule has 1 heterocycles. The summed E-state index contributed by atoms with van der Waals surface area (Å²) in [5.74, 6) is -0.238. The molecule has 0 unspecified atom stereocenters. The first-order chi connectivity index (χ1) is 9.95. The number of carboxylic acid groups (broad SMARTS) is 1. The monoisotopic (exact) mass is 387 g/mol. The second kappa shape index (κ2) is 6.93. The summed E-state index contributed by atoms with van der Waals surface area (Å²) in [5, 5.41) is 9.45. The number of pyridine rings is 1. The Labute approximate surface area is 139 Å². The maximum Gasteiger partial charge on any atom is 0.328 e. The van der Waals surface area contributed by atoms with Crippen molar-refractivity contribution in [3.63, 3.8) is 0 Å². The quantitative estimate of drug-likeness (QED) is 0.588. The topological polar surface area (TPSA) is 59.4 Å². The summed E-state index contributed by atoms with van der Waals surface area (Å²) in [7, 11) is 0. The van der Waals surface area contributed by atoms with Crippen LogP contribution in [0.1, 0.15) is 5.56 Å². The molecule has 0 saturated carbocycles. The van der Waals surface area contributed by atoms with Gasteiger partial charge in [0.2, 0.25) is 0 Å². The van der Waals surface area contributed by atoms with Crippen molar-refractivity contribution in [2.75, 3.05) is 0 Å². The van der Waals surface area contributed by atoms with Crippen LogP contribution in [-0.2, 0) is 4.79 Å². The Bertz CT molecular complexity index is 719. The van der Waals surface area contributed by atoms with E-state index in [0.717, 1.165) is 6.08 Å². The molecule has 1 N–H and O–H groups in total. The molecule has 1 aromatic carbocycles. The molecule has 4 nitrogen and oxygen atoms in total. The average Bonchev–Trinajstić information content (AvgIpc) is 2.43. The number of hydrogen-bond acceptors (Lipinski definition) is 3. The van der Waals surface area contributed by atoms with E-state index in [2.05, 4.69) is 20.9 Å². The number of aliphatic carboxylic acids is 1. The minimum absolute atomic E-state index is 0.381. The van der Waals surface area contributed by atoms with Crippen LogP contribution in [0, 0.1) is 0 Å². The first-order valence-electron chi connectivity index (χ1n) is 5.64. The van der Waals surface area contributed by atoms with E-state index in [1.54, 1.807) is 18.2 Å². The highest BCUT2D eigenvalue weighted by atomic mass is 79.9. The smallest absolute Gasteiger partial charge is 0.328 e. The predicted molar refractivity (Wildman–Crippen MR) is 85.1 cm³/mol. The highest BCUT2D eigenvalue weighted by Crippen LogP contribution is 2.36. The van der Waals surface area contributed by atoms with E-state index in [-0.39, 0.29) is 0 Å². The van der Waals surface area contributed by atoms with Gasteiger partial charge in [-0.1, -0.05) is 23.2 Å². The molecule has 0 aliphatic heterocycles. The zero-order valence-electron chi connectivity index (χ0n) is 10.4. The van der Waals surface area contributed by atoms with Gasteiger partial charge in [-0.2, -0.15) is 0 Å². The maximum absolute atomic E-state index is 10.5. The maximum atomic E-state index is 10.5. The third kappa shape index (κ3) is 4.46. The number of benzene rings is 1.